The largest absolute Gasteiger partial charge is 0.376 e. The zero-order chi connectivity index (χ0) is 17.1. The maximum Gasteiger partial charge on any atom is 0.253 e. The molecule has 2 aromatic heterocycles. The van der Waals surface area contributed by atoms with E-state index in [0.717, 1.165) is 41.3 Å². The highest BCUT2D eigenvalue weighted by Crippen LogP contribution is 2.21. The van der Waals surface area contributed by atoms with Crippen LogP contribution < -0.4 is 5.32 Å². The molecule has 0 spiro atoms. The van der Waals surface area contributed by atoms with Gasteiger partial charge in [-0.2, -0.15) is 5.10 Å². The SMILES string of the molecule is CCC(CI)n1ncc2cc(C(=O)NC(C)C3CCCO3)cnc21. The molecule has 130 valence electrons. The molecule has 3 rings (SSSR count). The van der Waals surface area contributed by atoms with E-state index in [1.54, 1.807) is 12.4 Å². The fraction of sp³-hybridized carbons (Fsp3) is 0.588. The average molecular weight is 442 g/mol. The molecule has 0 radical (unpaired) electrons. The molecule has 2 aromatic rings. The van der Waals surface area contributed by atoms with Crippen LogP contribution in [-0.2, 0) is 4.74 Å². The normalized spacial score (nSPS) is 20.2. The van der Waals surface area contributed by atoms with E-state index in [-0.39, 0.29) is 18.1 Å². The van der Waals surface area contributed by atoms with Gasteiger partial charge in [-0.15, -0.1) is 0 Å². The maximum absolute atomic E-state index is 12.5. The number of alkyl halides is 1. The molecule has 3 unspecified atom stereocenters. The first-order valence-corrected chi connectivity index (χ1v) is 9.98. The van der Waals surface area contributed by atoms with Crippen LogP contribution >= 0.6 is 22.6 Å². The first-order chi connectivity index (χ1) is 11.6. The van der Waals surface area contributed by atoms with Crippen LogP contribution in [0.2, 0.25) is 0 Å². The summed E-state index contributed by atoms with van der Waals surface area (Å²) in [5.74, 6) is -0.110. The van der Waals surface area contributed by atoms with Crippen molar-refractivity contribution in [2.75, 3.05) is 11.0 Å². The Balaban J connectivity index is 1.76. The molecule has 0 saturated carbocycles. The van der Waals surface area contributed by atoms with Crippen molar-refractivity contribution >= 4 is 39.5 Å². The van der Waals surface area contributed by atoms with Gasteiger partial charge < -0.3 is 10.1 Å². The number of rotatable bonds is 6. The Morgan fingerprint density at radius 1 is 1.54 bits per heavy atom. The third-order valence-electron chi connectivity index (χ3n) is 4.57. The molecular weight excluding hydrogens is 419 g/mol. The number of nitrogens with zero attached hydrogens (tertiary/aromatic N) is 3. The standard InChI is InChI=1S/C17H23IN4O2/c1-3-14(8-18)22-16-12(10-20-22)7-13(9-19-16)17(23)21-11(2)15-5-4-6-24-15/h7,9-11,14-15H,3-6,8H2,1-2H3,(H,21,23). The number of aromatic nitrogens is 3. The Kier molecular flexibility index (Phi) is 5.70. The van der Waals surface area contributed by atoms with E-state index < -0.39 is 0 Å². The van der Waals surface area contributed by atoms with E-state index in [4.69, 9.17) is 4.74 Å². The molecule has 1 N–H and O–H groups in total. The average Bonchev–Trinajstić information content (AvgIpc) is 3.25. The molecule has 1 aliphatic rings. The fourth-order valence-corrected chi connectivity index (χ4v) is 4.05. The number of amides is 1. The monoisotopic (exact) mass is 442 g/mol. The van der Waals surface area contributed by atoms with Crippen molar-refractivity contribution in [3.05, 3.63) is 24.0 Å². The lowest BCUT2D eigenvalue weighted by molar-refractivity contribution is 0.0712. The van der Waals surface area contributed by atoms with Crippen LogP contribution in [0.1, 0.15) is 49.5 Å². The highest BCUT2D eigenvalue weighted by Gasteiger charge is 2.24. The summed E-state index contributed by atoms with van der Waals surface area (Å²) in [4.78, 5) is 17.0. The molecule has 0 bridgehead atoms. The minimum absolute atomic E-state index is 0.00177. The van der Waals surface area contributed by atoms with Gasteiger partial charge in [0, 0.05) is 22.6 Å². The van der Waals surface area contributed by atoms with Crippen molar-refractivity contribution in [3.63, 3.8) is 0 Å². The molecule has 3 heterocycles. The van der Waals surface area contributed by atoms with Gasteiger partial charge in [-0.25, -0.2) is 9.67 Å². The molecule has 0 aromatic carbocycles. The van der Waals surface area contributed by atoms with Crippen LogP contribution in [0.4, 0.5) is 0 Å². The number of ether oxygens (including phenoxy) is 1. The minimum Gasteiger partial charge on any atom is -0.376 e. The van der Waals surface area contributed by atoms with E-state index in [0.29, 0.717) is 11.6 Å². The maximum atomic E-state index is 12.5. The molecule has 1 aliphatic heterocycles. The molecular formula is C17H23IN4O2. The second-order valence-electron chi connectivity index (χ2n) is 6.26. The summed E-state index contributed by atoms with van der Waals surface area (Å²) >= 11 is 2.37. The lowest BCUT2D eigenvalue weighted by Gasteiger charge is -2.20. The number of hydrogen-bond donors (Lipinski definition) is 1. The van der Waals surface area contributed by atoms with Crippen LogP contribution in [0.5, 0.6) is 0 Å². The van der Waals surface area contributed by atoms with Crippen molar-refractivity contribution in [1.29, 1.82) is 0 Å². The van der Waals surface area contributed by atoms with Crippen molar-refractivity contribution in [2.24, 2.45) is 0 Å². The third kappa shape index (κ3) is 3.56. The highest BCUT2D eigenvalue weighted by atomic mass is 127. The summed E-state index contributed by atoms with van der Waals surface area (Å²) < 4.78 is 8.57. The van der Waals surface area contributed by atoms with E-state index in [1.165, 1.54) is 0 Å². The van der Waals surface area contributed by atoms with Crippen LogP contribution in [-0.4, -0.2) is 43.9 Å². The van der Waals surface area contributed by atoms with Crippen LogP contribution in [0.25, 0.3) is 11.0 Å². The van der Waals surface area contributed by atoms with Gasteiger partial charge in [0.15, 0.2) is 5.65 Å². The first-order valence-electron chi connectivity index (χ1n) is 8.45. The predicted octanol–water partition coefficient (Wildman–Crippen LogP) is 3.11. The summed E-state index contributed by atoms with van der Waals surface area (Å²) in [5.41, 5.74) is 1.40. The number of nitrogens with one attached hydrogen (secondary N) is 1. The van der Waals surface area contributed by atoms with Gasteiger partial charge in [0.25, 0.3) is 5.91 Å². The van der Waals surface area contributed by atoms with Gasteiger partial charge in [0.1, 0.15) is 0 Å². The van der Waals surface area contributed by atoms with E-state index in [2.05, 4.69) is 44.9 Å². The van der Waals surface area contributed by atoms with Crippen LogP contribution in [0.3, 0.4) is 0 Å². The van der Waals surface area contributed by atoms with Gasteiger partial charge in [0.05, 0.1) is 29.9 Å². The van der Waals surface area contributed by atoms with E-state index in [9.17, 15) is 4.79 Å². The first kappa shape index (κ1) is 17.6. The summed E-state index contributed by atoms with van der Waals surface area (Å²) in [6, 6.07) is 2.19. The quantitative estimate of drug-likeness (QED) is 0.552. The lowest BCUT2D eigenvalue weighted by Crippen LogP contribution is -2.40. The number of carbonyl (C=O) groups excluding carboxylic acids is 1. The third-order valence-corrected chi connectivity index (χ3v) is 5.59. The highest BCUT2D eigenvalue weighted by molar-refractivity contribution is 14.1. The Morgan fingerprint density at radius 2 is 2.38 bits per heavy atom. The van der Waals surface area contributed by atoms with E-state index in [1.807, 2.05) is 17.7 Å². The Labute approximate surface area is 155 Å². The number of halogens is 1. The second-order valence-corrected chi connectivity index (χ2v) is 7.14. The Bertz CT molecular complexity index is 708. The molecule has 7 heteroatoms. The van der Waals surface area contributed by atoms with Crippen LogP contribution in [0.15, 0.2) is 18.5 Å². The molecule has 0 aliphatic carbocycles. The predicted molar refractivity (Wildman–Crippen MR) is 102 cm³/mol. The number of pyridine rings is 1. The van der Waals surface area contributed by atoms with Crippen LogP contribution in [0, 0.1) is 0 Å². The van der Waals surface area contributed by atoms with Gasteiger partial charge in [-0.3, -0.25) is 4.79 Å². The zero-order valence-electron chi connectivity index (χ0n) is 14.0. The number of carbonyl (C=O) groups is 1. The molecule has 1 fully saturated rings. The van der Waals surface area contributed by atoms with Crippen molar-refractivity contribution in [1.82, 2.24) is 20.1 Å². The number of fused-ring (bicyclic) bond motifs is 1. The van der Waals surface area contributed by atoms with Gasteiger partial charge >= 0.3 is 0 Å². The second kappa shape index (κ2) is 7.77. The summed E-state index contributed by atoms with van der Waals surface area (Å²) in [5, 5.41) is 8.38. The molecule has 1 saturated heterocycles. The Hall–Kier alpha value is -1.22. The summed E-state index contributed by atoms with van der Waals surface area (Å²) in [6.07, 6.45) is 6.60. The van der Waals surface area contributed by atoms with Gasteiger partial charge in [-0.05, 0) is 32.3 Å². The lowest BCUT2D eigenvalue weighted by atomic mass is 10.1. The van der Waals surface area contributed by atoms with Gasteiger partial charge in [-0.1, -0.05) is 29.5 Å². The Morgan fingerprint density at radius 3 is 3.04 bits per heavy atom. The molecule has 6 nitrogen and oxygen atoms in total. The smallest absolute Gasteiger partial charge is 0.253 e. The van der Waals surface area contributed by atoms with Crippen molar-refractivity contribution in [3.8, 4) is 0 Å². The minimum atomic E-state index is -0.110. The van der Waals surface area contributed by atoms with Gasteiger partial charge in [0.2, 0.25) is 0 Å². The summed E-state index contributed by atoms with van der Waals surface area (Å²) in [7, 11) is 0. The van der Waals surface area contributed by atoms with E-state index >= 15 is 0 Å². The number of hydrogen-bond acceptors (Lipinski definition) is 4. The topological polar surface area (TPSA) is 69.0 Å². The van der Waals surface area contributed by atoms with Crippen molar-refractivity contribution in [2.45, 2.75) is 51.3 Å². The molecule has 24 heavy (non-hydrogen) atoms. The van der Waals surface area contributed by atoms with Crippen molar-refractivity contribution < 1.29 is 9.53 Å². The summed E-state index contributed by atoms with van der Waals surface area (Å²) in [6.45, 7) is 4.92. The molecule has 3 atom stereocenters. The fourth-order valence-electron chi connectivity index (χ4n) is 3.06. The molecule has 1 amide bonds. The zero-order valence-corrected chi connectivity index (χ0v) is 16.2.